The van der Waals surface area contributed by atoms with Crippen LogP contribution in [0, 0.1) is 0 Å². The molecule has 0 aliphatic rings. The predicted molar refractivity (Wildman–Crippen MR) is 63.2 cm³/mol. The third-order valence-electron chi connectivity index (χ3n) is 1.96. The molecule has 0 bridgehead atoms. The van der Waals surface area contributed by atoms with Gasteiger partial charge in [-0.25, -0.2) is 0 Å². The van der Waals surface area contributed by atoms with E-state index in [1.54, 1.807) is 24.3 Å². The van der Waals surface area contributed by atoms with Gasteiger partial charge in [0.25, 0.3) is 0 Å². The third-order valence-corrected chi connectivity index (χ3v) is 2.24. The highest BCUT2D eigenvalue weighted by Gasteiger charge is 1.96. The van der Waals surface area contributed by atoms with E-state index in [1.807, 2.05) is 30.3 Å². The molecule has 80 valence electrons. The van der Waals surface area contributed by atoms with E-state index in [9.17, 15) is 4.21 Å². The molecule has 0 aromatic heterocycles. The molecule has 0 saturated heterocycles. The standard InChI is InChI=1S/C12H9NO2S/c14-16-13-10-6-8-12(9-7-10)15-11-4-2-1-3-5-11/h1-9H. The molecule has 0 radical (unpaired) electrons. The van der Waals surface area contributed by atoms with Gasteiger partial charge in [-0.1, -0.05) is 18.2 Å². The number of hydrogen-bond donors (Lipinski definition) is 0. The second kappa shape index (κ2) is 5.23. The zero-order chi connectivity index (χ0) is 11.2. The molecule has 0 atom stereocenters. The van der Waals surface area contributed by atoms with Crippen LogP contribution >= 0.6 is 0 Å². The van der Waals surface area contributed by atoms with Gasteiger partial charge in [-0.05, 0) is 36.4 Å². The maximum Gasteiger partial charge on any atom is 0.205 e. The minimum atomic E-state index is 0.199. The van der Waals surface area contributed by atoms with Crippen molar-refractivity contribution in [3.8, 4) is 11.5 Å². The summed E-state index contributed by atoms with van der Waals surface area (Å²) in [4.78, 5) is 0. The Kier molecular flexibility index (Phi) is 3.46. The number of benzene rings is 2. The van der Waals surface area contributed by atoms with Crippen molar-refractivity contribution >= 4 is 17.2 Å². The van der Waals surface area contributed by atoms with E-state index in [2.05, 4.69) is 4.36 Å². The van der Waals surface area contributed by atoms with Crippen LogP contribution < -0.4 is 4.74 Å². The number of nitrogens with zero attached hydrogens (tertiary/aromatic N) is 1. The van der Waals surface area contributed by atoms with Crippen LogP contribution in [0.15, 0.2) is 59.0 Å². The third kappa shape index (κ3) is 2.77. The highest BCUT2D eigenvalue weighted by Crippen LogP contribution is 2.23. The Labute approximate surface area is 96.9 Å². The minimum Gasteiger partial charge on any atom is -0.457 e. The van der Waals surface area contributed by atoms with Crippen LogP contribution in [0.5, 0.6) is 11.5 Å². The van der Waals surface area contributed by atoms with E-state index in [0.717, 1.165) is 11.5 Å². The summed E-state index contributed by atoms with van der Waals surface area (Å²) in [5.41, 5.74) is 0.639. The molecule has 2 rings (SSSR count). The number of para-hydroxylation sites is 1. The van der Waals surface area contributed by atoms with Gasteiger partial charge in [-0.2, -0.15) is 8.57 Å². The van der Waals surface area contributed by atoms with Gasteiger partial charge in [0, 0.05) is 0 Å². The Morgan fingerprint density at radius 1 is 0.875 bits per heavy atom. The molecular weight excluding hydrogens is 222 g/mol. The van der Waals surface area contributed by atoms with Crippen LogP contribution in [0.3, 0.4) is 0 Å². The Bertz CT molecular complexity index is 504. The van der Waals surface area contributed by atoms with Crippen molar-refractivity contribution in [3.63, 3.8) is 0 Å². The van der Waals surface area contributed by atoms with Gasteiger partial charge in [0.15, 0.2) is 0 Å². The van der Waals surface area contributed by atoms with Gasteiger partial charge in [-0.15, -0.1) is 0 Å². The summed E-state index contributed by atoms with van der Waals surface area (Å²) in [7, 11) is 0. The first-order valence-electron chi connectivity index (χ1n) is 4.71. The lowest BCUT2D eigenvalue weighted by atomic mass is 10.3. The topological polar surface area (TPSA) is 38.7 Å². The van der Waals surface area contributed by atoms with Gasteiger partial charge in [0.2, 0.25) is 11.5 Å². The smallest absolute Gasteiger partial charge is 0.205 e. The van der Waals surface area contributed by atoms with Gasteiger partial charge in [0.05, 0.1) is 5.69 Å². The zero-order valence-electron chi connectivity index (χ0n) is 8.37. The van der Waals surface area contributed by atoms with Crippen molar-refractivity contribution in [2.75, 3.05) is 0 Å². The van der Waals surface area contributed by atoms with E-state index in [0.29, 0.717) is 5.69 Å². The monoisotopic (exact) mass is 231 g/mol. The lowest BCUT2D eigenvalue weighted by molar-refractivity contribution is 0.483. The fraction of sp³-hybridized carbons (Fsp3) is 0. The van der Waals surface area contributed by atoms with Crippen molar-refractivity contribution in [1.82, 2.24) is 0 Å². The van der Waals surface area contributed by atoms with Crippen molar-refractivity contribution < 1.29 is 8.95 Å². The first kappa shape index (κ1) is 10.6. The van der Waals surface area contributed by atoms with E-state index >= 15 is 0 Å². The molecule has 16 heavy (non-hydrogen) atoms. The molecule has 2 aromatic rings. The summed E-state index contributed by atoms with van der Waals surface area (Å²) in [6, 6.07) is 16.6. The SMILES string of the molecule is O=S=Nc1ccc(Oc2ccccc2)cc1. The maximum atomic E-state index is 10.2. The van der Waals surface area contributed by atoms with Crippen LogP contribution in [0.2, 0.25) is 0 Å². The number of rotatable bonds is 3. The fourth-order valence-electron chi connectivity index (χ4n) is 1.24. The Morgan fingerprint density at radius 3 is 2.12 bits per heavy atom. The average Bonchev–Trinajstić information content (AvgIpc) is 2.33. The van der Waals surface area contributed by atoms with Gasteiger partial charge in [-0.3, -0.25) is 0 Å². The Hall–Kier alpha value is -1.94. The van der Waals surface area contributed by atoms with Crippen LogP contribution in [0.25, 0.3) is 0 Å². The van der Waals surface area contributed by atoms with Crippen molar-refractivity contribution in [1.29, 1.82) is 0 Å². The number of hydrogen-bond acceptors (Lipinski definition) is 3. The quantitative estimate of drug-likeness (QED) is 0.810. The lowest BCUT2D eigenvalue weighted by Crippen LogP contribution is -1.82. The first-order valence-corrected chi connectivity index (χ1v) is 5.41. The van der Waals surface area contributed by atoms with Crippen LogP contribution in [-0.2, 0) is 11.5 Å². The summed E-state index contributed by atoms with van der Waals surface area (Å²) in [5.74, 6) is 1.51. The van der Waals surface area contributed by atoms with E-state index in [-0.39, 0.29) is 11.5 Å². The molecule has 0 heterocycles. The molecule has 0 amide bonds. The van der Waals surface area contributed by atoms with Crippen molar-refractivity contribution in [2.24, 2.45) is 4.36 Å². The highest BCUT2D eigenvalue weighted by molar-refractivity contribution is 7.54. The molecular formula is C12H9NO2S. The second-order valence-electron chi connectivity index (χ2n) is 3.07. The molecule has 0 fully saturated rings. The van der Waals surface area contributed by atoms with Crippen LogP contribution in [0.1, 0.15) is 0 Å². The Balaban J connectivity index is 2.14. The van der Waals surface area contributed by atoms with E-state index in [4.69, 9.17) is 4.74 Å². The van der Waals surface area contributed by atoms with Crippen molar-refractivity contribution in [3.05, 3.63) is 54.6 Å². The van der Waals surface area contributed by atoms with E-state index in [1.165, 1.54) is 0 Å². The average molecular weight is 231 g/mol. The van der Waals surface area contributed by atoms with Gasteiger partial charge in [0.1, 0.15) is 11.5 Å². The fourth-order valence-corrected chi connectivity index (χ4v) is 1.45. The first-order chi connectivity index (χ1) is 7.88. The number of ether oxygens (including phenoxy) is 1. The Morgan fingerprint density at radius 2 is 1.50 bits per heavy atom. The molecule has 0 aliphatic carbocycles. The second-order valence-corrected chi connectivity index (χ2v) is 3.41. The molecule has 0 unspecified atom stereocenters. The maximum absolute atomic E-state index is 10.2. The van der Waals surface area contributed by atoms with Gasteiger partial charge >= 0.3 is 0 Å². The van der Waals surface area contributed by atoms with Crippen molar-refractivity contribution in [2.45, 2.75) is 0 Å². The van der Waals surface area contributed by atoms with Crippen LogP contribution in [0.4, 0.5) is 5.69 Å². The molecule has 4 heteroatoms. The van der Waals surface area contributed by atoms with E-state index < -0.39 is 0 Å². The molecule has 0 spiro atoms. The summed E-state index contributed by atoms with van der Waals surface area (Å²) in [6.07, 6.45) is 0. The molecule has 2 aromatic carbocycles. The molecule has 0 aliphatic heterocycles. The molecule has 0 saturated carbocycles. The predicted octanol–water partition coefficient (Wildman–Crippen LogP) is 3.51. The highest BCUT2D eigenvalue weighted by atomic mass is 32.1. The summed E-state index contributed by atoms with van der Waals surface area (Å²) < 4.78 is 19.4. The molecule has 3 nitrogen and oxygen atoms in total. The normalized spacial score (nSPS) is 9.50. The summed E-state index contributed by atoms with van der Waals surface area (Å²) >= 11 is 0.199. The molecule has 0 N–H and O–H groups in total. The van der Waals surface area contributed by atoms with Gasteiger partial charge < -0.3 is 4.74 Å². The minimum absolute atomic E-state index is 0.199. The lowest BCUT2D eigenvalue weighted by Gasteiger charge is -2.04. The zero-order valence-corrected chi connectivity index (χ0v) is 9.18. The largest absolute Gasteiger partial charge is 0.457 e. The summed E-state index contributed by atoms with van der Waals surface area (Å²) in [5, 5.41) is 0. The summed E-state index contributed by atoms with van der Waals surface area (Å²) in [6.45, 7) is 0. The van der Waals surface area contributed by atoms with Crippen LogP contribution in [-0.4, -0.2) is 4.21 Å².